The summed E-state index contributed by atoms with van der Waals surface area (Å²) in [4.78, 5) is 14.6. The highest BCUT2D eigenvalue weighted by molar-refractivity contribution is 6.01. The van der Waals surface area contributed by atoms with Crippen molar-refractivity contribution in [3.05, 3.63) is 53.6 Å². The van der Waals surface area contributed by atoms with Crippen LogP contribution < -0.4 is 10.1 Å². The number of methoxy groups -OCH3 is 1. The number of nitrogens with zero attached hydrogens (tertiary/aromatic N) is 1. The van der Waals surface area contributed by atoms with E-state index in [1.807, 2.05) is 25.1 Å². The number of anilines is 1. The van der Waals surface area contributed by atoms with Gasteiger partial charge in [0.25, 0.3) is 5.91 Å². The van der Waals surface area contributed by atoms with E-state index in [1.165, 1.54) is 0 Å². The number of amides is 1. The van der Waals surface area contributed by atoms with Crippen molar-refractivity contribution < 1.29 is 19.4 Å². The number of carbonyl (C=O) groups excluding carboxylic acids is 1. The van der Waals surface area contributed by atoms with Crippen molar-refractivity contribution in [3.63, 3.8) is 0 Å². The lowest BCUT2D eigenvalue weighted by molar-refractivity contribution is 0.0607. The molecule has 0 aromatic heterocycles. The van der Waals surface area contributed by atoms with Crippen LogP contribution in [0, 0.1) is 0 Å². The molecule has 2 N–H and O–H groups in total. The predicted octanol–water partition coefficient (Wildman–Crippen LogP) is 3.00. The molecule has 2 aromatic carbocycles. The van der Waals surface area contributed by atoms with E-state index in [0.717, 1.165) is 5.69 Å². The average Bonchev–Trinajstić information content (AvgIpc) is 2.63. The van der Waals surface area contributed by atoms with Crippen LogP contribution in [0.4, 0.5) is 5.69 Å². The maximum atomic E-state index is 12.9. The molecule has 1 heterocycles. The van der Waals surface area contributed by atoms with Gasteiger partial charge in [-0.25, -0.2) is 0 Å². The Morgan fingerprint density at radius 1 is 1.20 bits per heavy atom. The Kier molecular flexibility index (Phi) is 5.09. The number of hydrogen-bond acceptors (Lipinski definition) is 5. The summed E-state index contributed by atoms with van der Waals surface area (Å²) in [6, 6.07) is 12.7. The molecule has 0 unspecified atom stereocenters. The maximum absolute atomic E-state index is 12.9. The number of phenols is 1. The third-order valence-corrected chi connectivity index (χ3v) is 4.18. The lowest BCUT2D eigenvalue weighted by Crippen LogP contribution is -2.44. The minimum Gasteiger partial charge on any atom is -0.504 e. The highest BCUT2D eigenvalue weighted by Gasteiger charge is 2.34. The van der Waals surface area contributed by atoms with Crippen molar-refractivity contribution in [2.24, 2.45) is 0 Å². The average molecular weight is 342 g/mol. The molecular formula is C19H22N2O4. The first-order valence-electron chi connectivity index (χ1n) is 8.27. The number of aromatic hydroxyl groups is 1. The number of phenolic OH excluding ortho intramolecular Hbond substituents is 1. The van der Waals surface area contributed by atoms with Gasteiger partial charge in [-0.2, -0.15) is 0 Å². The number of carbonyl (C=O) groups is 1. The fraction of sp³-hybridized carbons (Fsp3) is 0.316. The second-order valence-corrected chi connectivity index (χ2v) is 5.71. The first-order valence-corrected chi connectivity index (χ1v) is 8.27. The van der Waals surface area contributed by atoms with Crippen LogP contribution in [0.5, 0.6) is 11.5 Å². The molecule has 25 heavy (non-hydrogen) atoms. The molecule has 2 aromatic rings. The molecule has 6 heteroatoms. The number of nitrogens with one attached hydrogen (secondary N) is 1. The minimum absolute atomic E-state index is 0.0384. The molecule has 0 saturated carbocycles. The molecule has 0 spiro atoms. The summed E-state index contributed by atoms with van der Waals surface area (Å²) >= 11 is 0. The second kappa shape index (κ2) is 7.44. The Labute approximate surface area is 147 Å². The molecule has 1 atom stereocenters. The van der Waals surface area contributed by atoms with Crippen molar-refractivity contribution in [1.29, 1.82) is 0 Å². The van der Waals surface area contributed by atoms with Gasteiger partial charge in [-0.15, -0.1) is 0 Å². The molecule has 1 aliphatic rings. The summed E-state index contributed by atoms with van der Waals surface area (Å²) in [5.41, 5.74) is 1.94. The van der Waals surface area contributed by atoms with Crippen molar-refractivity contribution in [3.8, 4) is 11.5 Å². The van der Waals surface area contributed by atoms with Crippen LogP contribution >= 0.6 is 0 Å². The Balaban J connectivity index is 2.03. The molecule has 0 bridgehead atoms. The SMILES string of the molecule is CCOc1cccc([C@H]2Nc3ccccc3C(=O)N2CCOC)c1O. The van der Waals surface area contributed by atoms with Crippen LogP contribution in [0.1, 0.15) is 29.0 Å². The number of hydrogen-bond donors (Lipinski definition) is 2. The molecule has 132 valence electrons. The van der Waals surface area contributed by atoms with Crippen molar-refractivity contribution in [2.75, 3.05) is 32.2 Å². The van der Waals surface area contributed by atoms with Crippen LogP contribution in [-0.2, 0) is 4.74 Å². The smallest absolute Gasteiger partial charge is 0.257 e. The zero-order chi connectivity index (χ0) is 17.8. The van der Waals surface area contributed by atoms with E-state index in [-0.39, 0.29) is 11.7 Å². The van der Waals surface area contributed by atoms with E-state index < -0.39 is 6.17 Å². The van der Waals surface area contributed by atoms with E-state index in [2.05, 4.69) is 5.32 Å². The molecule has 1 amide bonds. The maximum Gasteiger partial charge on any atom is 0.257 e. The number of fused-ring (bicyclic) bond motifs is 1. The monoisotopic (exact) mass is 342 g/mol. The molecule has 0 radical (unpaired) electrons. The summed E-state index contributed by atoms with van der Waals surface area (Å²) < 4.78 is 10.6. The Morgan fingerprint density at radius 3 is 2.76 bits per heavy atom. The molecule has 1 aliphatic heterocycles. The number of rotatable bonds is 6. The van der Waals surface area contributed by atoms with Gasteiger partial charge in [0.1, 0.15) is 6.17 Å². The van der Waals surface area contributed by atoms with Crippen LogP contribution in [0.3, 0.4) is 0 Å². The van der Waals surface area contributed by atoms with E-state index in [0.29, 0.717) is 36.6 Å². The normalized spacial score (nSPS) is 16.3. The van der Waals surface area contributed by atoms with Gasteiger partial charge in [0.15, 0.2) is 11.5 Å². The zero-order valence-corrected chi connectivity index (χ0v) is 14.4. The minimum atomic E-state index is -0.502. The first-order chi connectivity index (χ1) is 12.2. The van der Waals surface area contributed by atoms with Crippen LogP contribution in [0.25, 0.3) is 0 Å². The van der Waals surface area contributed by atoms with Gasteiger partial charge in [-0.3, -0.25) is 4.79 Å². The standard InChI is InChI=1S/C19H22N2O4/c1-3-25-16-10-6-8-14(17(16)22)18-20-15-9-5-4-7-13(15)19(23)21(18)11-12-24-2/h4-10,18,20,22H,3,11-12H2,1-2H3/t18-/m0/s1. The lowest BCUT2D eigenvalue weighted by Gasteiger charge is -2.38. The fourth-order valence-corrected chi connectivity index (χ4v) is 2.99. The Morgan fingerprint density at radius 2 is 2.00 bits per heavy atom. The molecule has 6 nitrogen and oxygen atoms in total. The summed E-state index contributed by atoms with van der Waals surface area (Å²) in [7, 11) is 1.60. The predicted molar refractivity (Wildman–Crippen MR) is 95.0 cm³/mol. The van der Waals surface area contributed by atoms with E-state index >= 15 is 0 Å². The van der Waals surface area contributed by atoms with E-state index in [9.17, 15) is 9.90 Å². The quantitative estimate of drug-likeness (QED) is 0.844. The van der Waals surface area contributed by atoms with Gasteiger partial charge in [-0.1, -0.05) is 24.3 Å². The number of benzene rings is 2. The topological polar surface area (TPSA) is 71.0 Å². The lowest BCUT2D eigenvalue weighted by atomic mass is 10.0. The van der Waals surface area contributed by atoms with E-state index in [4.69, 9.17) is 9.47 Å². The van der Waals surface area contributed by atoms with Gasteiger partial charge in [0, 0.05) is 24.9 Å². The largest absolute Gasteiger partial charge is 0.504 e. The molecule has 0 fully saturated rings. The Bertz CT molecular complexity index is 763. The third-order valence-electron chi connectivity index (χ3n) is 4.18. The van der Waals surface area contributed by atoms with Gasteiger partial charge in [0.05, 0.1) is 18.8 Å². The third kappa shape index (κ3) is 3.25. The van der Waals surface area contributed by atoms with Crippen LogP contribution in [-0.4, -0.2) is 42.8 Å². The van der Waals surface area contributed by atoms with Gasteiger partial charge in [0.2, 0.25) is 0 Å². The molecule has 0 aliphatic carbocycles. The summed E-state index contributed by atoms with van der Waals surface area (Å²) in [5, 5.41) is 14.0. The van der Waals surface area contributed by atoms with Gasteiger partial charge >= 0.3 is 0 Å². The highest BCUT2D eigenvalue weighted by Crippen LogP contribution is 2.40. The molecular weight excluding hydrogens is 320 g/mol. The second-order valence-electron chi connectivity index (χ2n) is 5.71. The van der Waals surface area contributed by atoms with Crippen LogP contribution in [0.2, 0.25) is 0 Å². The first kappa shape index (κ1) is 17.1. The zero-order valence-electron chi connectivity index (χ0n) is 14.4. The Hall–Kier alpha value is -2.73. The van der Waals surface area contributed by atoms with E-state index in [1.54, 1.807) is 36.3 Å². The van der Waals surface area contributed by atoms with Gasteiger partial charge in [-0.05, 0) is 25.1 Å². The fourth-order valence-electron chi connectivity index (χ4n) is 2.99. The molecule has 0 saturated heterocycles. The number of para-hydroxylation sites is 2. The molecule has 3 rings (SSSR count). The summed E-state index contributed by atoms with van der Waals surface area (Å²) in [6.07, 6.45) is -0.502. The van der Waals surface area contributed by atoms with Crippen molar-refractivity contribution in [1.82, 2.24) is 4.90 Å². The van der Waals surface area contributed by atoms with Crippen molar-refractivity contribution >= 4 is 11.6 Å². The van der Waals surface area contributed by atoms with Crippen molar-refractivity contribution in [2.45, 2.75) is 13.1 Å². The summed E-state index contributed by atoms with van der Waals surface area (Å²) in [6.45, 7) is 3.11. The number of ether oxygens (including phenoxy) is 2. The highest BCUT2D eigenvalue weighted by atomic mass is 16.5. The summed E-state index contributed by atoms with van der Waals surface area (Å²) in [5.74, 6) is 0.342. The van der Waals surface area contributed by atoms with Gasteiger partial charge < -0.3 is 24.8 Å². The van der Waals surface area contributed by atoms with Crippen LogP contribution in [0.15, 0.2) is 42.5 Å².